The van der Waals surface area contributed by atoms with E-state index in [4.69, 9.17) is 4.52 Å². The quantitative estimate of drug-likeness (QED) is 0.798. The van der Waals surface area contributed by atoms with E-state index in [2.05, 4.69) is 12.1 Å². The Hall–Kier alpha value is -1.36. The second kappa shape index (κ2) is 4.02. The van der Waals surface area contributed by atoms with Gasteiger partial charge in [0, 0.05) is 6.07 Å². The Morgan fingerprint density at radius 2 is 2.53 bits per heavy atom. The van der Waals surface area contributed by atoms with E-state index in [9.17, 15) is 9.90 Å². The lowest BCUT2D eigenvalue weighted by Gasteiger charge is -2.09. The average molecular weight is 210 g/mol. The Bertz CT molecular complexity index is 361. The number of rotatable bonds is 3. The fraction of sp³-hybridized carbons (Fsp3) is 0.600. The van der Waals surface area contributed by atoms with Gasteiger partial charge in [0.2, 0.25) is 11.8 Å². The molecule has 2 rings (SSSR count). The summed E-state index contributed by atoms with van der Waals surface area (Å²) < 4.78 is 5.06. The summed E-state index contributed by atoms with van der Waals surface area (Å²) in [6.07, 6.45) is 1.41. The third-order valence-corrected chi connectivity index (χ3v) is 2.42. The molecule has 1 unspecified atom stereocenters. The molecule has 1 aromatic rings. The van der Waals surface area contributed by atoms with E-state index in [-0.39, 0.29) is 12.3 Å². The molecule has 1 N–H and O–H groups in total. The number of hydrogen-bond donors (Lipinski definition) is 1. The van der Waals surface area contributed by atoms with Gasteiger partial charge < -0.3 is 9.63 Å². The zero-order valence-corrected chi connectivity index (χ0v) is 8.64. The number of carbonyl (C=O) groups excluding carboxylic acids is 1. The highest BCUT2D eigenvalue weighted by Gasteiger charge is 2.31. The van der Waals surface area contributed by atoms with Crippen molar-refractivity contribution in [1.82, 2.24) is 5.16 Å². The molecule has 0 spiro atoms. The Labute approximate surface area is 87.7 Å². The van der Waals surface area contributed by atoms with Crippen molar-refractivity contribution in [2.45, 2.75) is 32.3 Å². The Kier molecular flexibility index (Phi) is 2.73. The van der Waals surface area contributed by atoms with E-state index in [1.807, 2.05) is 0 Å². The lowest BCUT2D eigenvalue weighted by atomic mass is 10.2. The fourth-order valence-electron chi connectivity index (χ4n) is 1.70. The van der Waals surface area contributed by atoms with Crippen molar-refractivity contribution in [2.24, 2.45) is 0 Å². The second-order valence-electron chi connectivity index (χ2n) is 3.77. The van der Waals surface area contributed by atoms with E-state index in [1.165, 1.54) is 4.90 Å². The highest BCUT2D eigenvalue weighted by atomic mass is 16.5. The molecule has 0 aromatic carbocycles. The van der Waals surface area contributed by atoms with E-state index in [0.29, 0.717) is 12.4 Å². The Balaban J connectivity index is 2.12. The van der Waals surface area contributed by atoms with E-state index in [0.717, 1.165) is 18.5 Å². The lowest BCUT2D eigenvalue weighted by Crippen LogP contribution is -2.24. The summed E-state index contributed by atoms with van der Waals surface area (Å²) in [4.78, 5) is 12.9. The van der Waals surface area contributed by atoms with Gasteiger partial charge in [-0.15, -0.1) is 0 Å². The first kappa shape index (κ1) is 10.2. The summed E-state index contributed by atoms with van der Waals surface area (Å²) >= 11 is 0. The van der Waals surface area contributed by atoms with Gasteiger partial charge in [0.15, 0.2) is 0 Å². The average Bonchev–Trinajstić information content (AvgIpc) is 2.73. The van der Waals surface area contributed by atoms with Crippen LogP contribution in [0.15, 0.2) is 10.6 Å². The first-order chi connectivity index (χ1) is 7.20. The number of amides is 1. The van der Waals surface area contributed by atoms with Gasteiger partial charge in [0.05, 0.1) is 24.8 Å². The molecule has 0 saturated carbocycles. The zero-order chi connectivity index (χ0) is 10.8. The molecule has 5 heteroatoms. The summed E-state index contributed by atoms with van der Waals surface area (Å²) in [5.41, 5.74) is 0.849. The summed E-state index contributed by atoms with van der Waals surface area (Å²) in [6, 6.07) is 1.76. The van der Waals surface area contributed by atoms with Gasteiger partial charge in [-0.05, 0) is 6.42 Å². The number of anilines is 1. The predicted octanol–water partition coefficient (Wildman–Crippen LogP) is 0.725. The SMILES string of the molecule is CCCc1cc(N2CC(O)CC2=O)on1. The van der Waals surface area contributed by atoms with Crippen LogP contribution in [0.5, 0.6) is 0 Å². The number of aryl methyl sites for hydroxylation is 1. The van der Waals surface area contributed by atoms with Crippen LogP contribution in [-0.2, 0) is 11.2 Å². The Morgan fingerprint density at radius 3 is 3.13 bits per heavy atom. The minimum atomic E-state index is -0.586. The number of hydrogen-bond acceptors (Lipinski definition) is 4. The van der Waals surface area contributed by atoms with E-state index < -0.39 is 6.10 Å². The molecule has 0 bridgehead atoms. The molecule has 0 aliphatic carbocycles. The summed E-state index contributed by atoms with van der Waals surface area (Å²) in [5.74, 6) is 0.335. The number of β-amino-alcohol motifs (C(OH)–C–C–N with tert-alkyl or cyclic N) is 1. The van der Waals surface area contributed by atoms with Crippen LogP contribution < -0.4 is 4.90 Å². The van der Waals surface area contributed by atoms with Crippen molar-refractivity contribution in [1.29, 1.82) is 0 Å². The van der Waals surface area contributed by atoms with Gasteiger partial charge >= 0.3 is 0 Å². The van der Waals surface area contributed by atoms with Gasteiger partial charge in [-0.1, -0.05) is 18.5 Å². The van der Waals surface area contributed by atoms with Gasteiger partial charge in [-0.25, -0.2) is 0 Å². The number of carbonyl (C=O) groups is 1. The van der Waals surface area contributed by atoms with Crippen LogP contribution in [-0.4, -0.2) is 28.8 Å². The number of nitrogens with zero attached hydrogens (tertiary/aromatic N) is 2. The molecule has 1 amide bonds. The minimum Gasteiger partial charge on any atom is -0.391 e. The van der Waals surface area contributed by atoms with Crippen LogP contribution >= 0.6 is 0 Å². The largest absolute Gasteiger partial charge is 0.391 e. The second-order valence-corrected chi connectivity index (χ2v) is 3.77. The van der Waals surface area contributed by atoms with Gasteiger partial charge in [0.25, 0.3) is 0 Å². The van der Waals surface area contributed by atoms with Crippen LogP contribution in [0.4, 0.5) is 5.88 Å². The molecule has 1 fully saturated rings. The fourth-order valence-corrected chi connectivity index (χ4v) is 1.70. The molecular formula is C10H14N2O3. The third-order valence-electron chi connectivity index (χ3n) is 2.42. The lowest BCUT2D eigenvalue weighted by molar-refractivity contribution is -0.117. The zero-order valence-electron chi connectivity index (χ0n) is 8.64. The molecule has 82 valence electrons. The van der Waals surface area contributed by atoms with Crippen molar-refractivity contribution in [3.05, 3.63) is 11.8 Å². The summed E-state index contributed by atoms with van der Waals surface area (Å²) in [6.45, 7) is 2.36. The molecule has 1 saturated heterocycles. The maximum absolute atomic E-state index is 11.4. The summed E-state index contributed by atoms with van der Waals surface area (Å²) in [5, 5.41) is 13.2. The van der Waals surface area contributed by atoms with Crippen LogP contribution in [0.25, 0.3) is 0 Å². The van der Waals surface area contributed by atoms with Gasteiger partial charge in [-0.3, -0.25) is 9.69 Å². The first-order valence-electron chi connectivity index (χ1n) is 5.14. The topological polar surface area (TPSA) is 66.6 Å². The number of aliphatic hydroxyl groups excluding tert-OH is 1. The van der Waals surface area contributed by atoms with Crippen LogP contribution in [0.2, 0.25) is 0 Å². The molecule has 1 aliphatic heterocycles. The standard InChI is InChI=1S/C10H14N2O3/c1-2-3-7-4-10(15-11-7)12-6-8(13)5-9(12)14/h4,8,13H,2-3,5-6H2,1H3. The van der Waals surface area contributed by atoms with Crippen LogP contribution in [0, 0.1) is 0 Å². The molecular weight excluding hydrogens is 196 g/mol. The third kappa shape index (κ3) is 2.02. The number of aromatic nitrogens is 1. The molecule has 0 radical (unpaired) electrons. The maximum Gasteiger partial charge on any atom is 0.234 e. The highest BCUT2D eigenvalue weighted by molar-refractivity contribution is 5.94. The predicted molar refractivity (Wildman–Crippen MR) is 53.5 cm³/mol. The molecule has 1 aliphatic rings. The summed E-state index contributed by atoms with van der Waals surface area (Å²) in [7, 11) is 0. The molecule has 1 aromatic heterocycles. The molecule has 2 heterocycles. The molecule has 15 heavy (non-hydrogen) atoms. The van der Waals surface area contributed by atoms with Crippen LogP contribution in [0.1, 0.15) is 25.5 Å². The highest BCUT2D eigenvalue weighted by Crippen LogP contribution is 2.22. The van der Waals surface area contributed by atoms with Crippen molar-refractivity contribution in [3.8, 4) is 0 Å². The minimum absolute atomic E-state index is 0.110. The van der Waals surface area contributed by atoms with Crippen molar-refractivity contribution in [2.75, 3.05) is 11.4 Å². The van der Waals surface area contributed by atoms with E-state index in [1.54, 1.807) is 6.07 Å². The van der Waals surface area contributed by atoms with Gasteiger partial charge in [-0.2, -0.15) is 0 Å². The van der Waals surface area contributed by atoms with Crippen molar-refractivity contribution in [3.63, 3.8) is 0 Å². The van der Waals surface area contributed by atoms with Crippen molar-refractivity contribution >= 4 is 11.8 Å². The normalized spacial score (nSPS) is 21.3. The Morgan fingerprint density at radius 1 is 1.73 bits per heavy atom. The van der Waals surface area contributed by atoms with Crippen LogP contribution in [0.3, 0.4) is 0 Å². The monoisotopic (exact) mass is 210 g/mol. The van der Waals surface area contributed by atoms with Gasteiger partial charge in [0.1, 0.15) is 0 Å². The maximum atomic E-state index is 11.4. The smallest absolute Gasteiger partial charge is 0.234 e. The van der Waals surface area contributed by atoms with E-state index >= 15 is 0 Å². The molecule has 5 nitrogen and oxygen atoms in total. The number of aliphatic hydroxyl groups is 1. The van der Waals surface area contributed by atoms with Crippen molar-refractivity contribution < 1.29 is 14.4 Å². The first-order valence-corrected chi connectivity index (χ1v) is 5.14. The molecule has 1 atom stereocenters.